The first-order valence-corrected chi connectivity index (χ1v) is 7.86. The van der Waals surface area contributed by atoms with Gasteiger partial charge in [-0.1, -0.05) is 35.0 Å². The molecule has 0 amide bonds. The summed E-state index contributed by atoms with van der Waals surface area (Å²) >= 11 is 5.75. The number of oxime groups is 1. The molecule has 110 valence electrons. The van der Waals surface area contributed by atoms with Crippen molar-refractivity contribution in [2.45, 2.75) is 11.8 Å². The molecule has 0 fully saturated rings. The van der Waals surface area contributed by atoms with Gasteiger partial charge < -0.3 is 5.21 Å². The van der Waals surface area contributed by atoms with Crippen molar-refractivity contribution in [1.29, 1.82) is 0 Å². The first kappa shape index (κ1) is 15.3. The van der Waals surface area contributed by atoms with Crippen LogP contribution < -0.4 is 4.72 Å². The lowest BCUT2D eigenvalue weighted by atomic mass is 10.1. The van der Waals surface area contributed by atoms with E-state index in [2.05, 4.69) is 9.88 Å². The van der Waals surface area contributed by atoms with Crippen LogP contribution in [-0.2, 0) is 10.0 Å². The molecule has 0 aliphatic carbocycles. The number of rotatable bonds is 4. The summed E-state index contributed by atoms with van der Waals surface area (Å²) in [7, 11) is -3.74. The highest BCUT2D eigenvalue weighted by Crippen LogP contribution is 2.21. The number of halogens is 1. The van der Waals surface area contributed by atoms with E-state index in [1.807, 2.05) is 0 Å². The fourth-order valence-electron chi connectivity index (χ4n) is 1.76. The second-order valence-electron chi connectivity index (χ2n) is 4.29. The molecule has 0 heterocycles. The van der Waals surface area contributed by atoms with E-state index in [-0.39, 0.29) is 4.90 Å². The minimum absolute atomic E-state index is 0.0975. The number of hydrogen-bond donors (Lipinski definition) is 2. The topological polar surface area (TPSA) is 78.8 Å². The first-order valence-electron chi connectivity index (χ1n) is 6.00. The van der Waals surface area contributed by atoms with E-state index < -0.39 is 10.0 Å². The van der Waals surface area contributed by atoms with Crippen LogP contribution in [0.15, 0.2) is 58.6 Å². The van der Waals surface area contributed by atoms with Gasteiger partial charge in [0.05, 0.1) is 16.3 Å². The fraction of sp³-hybridized carbons (Fsp3) is 0.0714. The van der Waals surface area contributed by atoms with Crippen molar-refractivity contribution in [2.75, 3.05) is 4.72 Å². The van der Waals surface area contributed by atoms with Gasteiger partial charge in [-0.25, -0.2) is 8.42 Å². The zero-order valence-corrected chi connectivity index (χ0v) is 12.7. The molecule has 0 bridgehead atoms. The number of para-hydroxylation sites is 1. The average molecular weight is 325 g/mol. The van der Waals surface area contributed by atoms with Gasteiger partial charge in [0.2, 0.25) is 0 Å². The third-order valence-corrected chi connectivity index (χ3v) is 4.47. The normalized spacial score (nSPS) is 12.2. The number of nitrogens with zero attached hydrogens (tertiary/aromatic N) is 1. The van der Waals surface area contributed by atoms with Crippen LogP contribution in [0, 0.1) is 0 Å². The highest BCUT2D eigenvalue weighted by molar-refractivity contribution is 7.92. The van der Waals surface area contributed by atoms with E-state index in [1.165, 1.54) is 24.3 Å². The lowest BCUT2D eigenvalue weighted by molar-refractivity contribution is 0.319. The minimum atomic E-state index is -3.74. The summed E-state index contributed by atoms with van der Waals surface area (Å²) in [6.45, 7) is 1.58. The largest absolute Gasteiger partial charge is 0.411 e. The Morgan fingerprint density at radius 1 is 1.14 bits per heavy atom. The predicted molar refractivity (Wildman–Crippen MR) is 82.7 cm³/mol. The Morgan fingerprint density at radius 2 is 1.76 bits per heavy atom. The number of benzene rings is 2. The molecular weight excluding hydrogens is 312 g/mol. The van der Waals surface area contributed by atoms with Crippen molar-refractivity contribution in [1.82, 2.24) is 0 Å². The van der Waals surface area contributed by atoms with E-state index in [0.29, 0.717) is 22.0 Å². The minimum Gasteiger partial charge on any atom is -0.411 e. The first-order chi connectivity index (χ1) is 9.94. The van der Waals surface area contributed by atoms with Crippen LogP contribution in [0.3, 0.4) is 0 Å². The highest BCUT2D eigenvalue weighted by Gasteiger charge is 2.16. The maximum atomic E-state index is 12.3. The van der Waals surface area contributed by atoms with Gasteiger partial charge in [0.15, 0.2) is 0 Å². The average Bonchev–Trinajstić information content (AvgIpc) is 2.47. The highest BCUT2D eigenvalue weighted by atomic mass is 35.5. The summed E-state index contributed by atoms with van der Waals surface area (Å²) in [5.41, 5.74) is 1.14. The Kier molecular flexibility index (Phi) is 4.50. The lowest BCUT2D eigenvalue weighted by Crippen LogP contribution is -2.15. The smallest absolute Gasteiger partial charge is 0.261 e. The number of hydrogen-bond acceptors (Lipinski definition) is 4. The molecule has 21 heavy (non-hydrogen) atoms. The molecule has 0 saturated heterocycles. The van der Waals surface area contributed by atoms with Crippen molar-refractivity contribution in [2.24, 2.45) is 5.16 Å². The Labute approximate surface area is 127 Å². The molecule has 0 radical (unpaired) electrons. The summed E-state index contributed by atoms with van der Waals surface area (Å²) in [6, 6.07) is 12.5. The van der Waals surface area contributed by atoms with Crippen LogP contribution in [0.2, 0.25) is 5.02 Å². The molecular formula is C14H13ClN2O3S. The van der Waals surface area contributed by atoms with Crippen molar-refractivity contribution in [3.05, 3.63) is 59.1 Å². The van der Waals surface area contributed by atoms with Crippen molar-refractivity contribution < 1.29 is 13.6 Å². The van der Waals surface area contributed by atoms with Crippen LogP contribution in [0.5, 0.6) is 0 Å². The molecule has 0 aromatic heterocycles. The van der Waals surface area contributed by atoms with E-state index >= 15 is 0 Å². The van der Waals surface area contributed by atoms with Gasteiger partial charge >= 0.3 is 0 Å². The predicted octanol–water partition coefficient (Wildman–Crippen LogP) is 3.34. The second-order valence-corrected chi connectivity index (χ2v) is 6.41. The maximum absolute atomic E-state index is 12.3. The van der Waals surface area contributed by atoms with Crippen LogP contribution >= 0.6 is 11.6 Å². The molecule has 0 aliphatic heterocycles. The molecule has 2 N–H and O–H groups in total. The van der Waals surface area contributed by atoms with Gasteiger partial charge in [-0.2, -0.15) is 0 Å². The molecule has 7 heteroatoms. The SMILES string of the molecule is C/C(=N\O)c1ccccc1NS(=O)(=O)c1ccc(Cl)cc1. The molecule has 2 rings (SSSR count). The second kappa shape index (κ2) is 6.15. The Bertz CT molecular complexity index is 771. The van der Waals surface area contributed by atoms with Crippen molar-refractivity contribution in [3.63, 3.8) is 0 Å². The molecule has 0 atom stereocenters. The molecule has 2 aromatic carbocycles. The number of sulfonamides is 1. The van der Waals surface area contributed by atoms with Crippen molar-refractivity contribution >= 4 is 33.0 Å². The van der Waals surface area contributed by atoms with Crippen LogP contribution in [0.4, 0.5) is 5.69 Å². The summed E-state index contributed by atoms with van der Waals surface area (Å²) < 4.78 is 27.1. The van der Waals surface area contributed by atoms with Gasteiger partial charge in [-0.05, 0) is 37.3 Å². The van der Waals surface area contributed by atoms with E-state index in [1.54, 1.807) is 31.2 Å². The van der Waals surface area contributed by atoms with E-state index in [0.717, 1.165) is 0 Å². The fourth-order valence-corrected chi connectivity index (χ4v) is 2.96. The Balaban J connectivity index is 2.40. The van der Waals surface area contributed by atoms with Gasteiger partial charge in [0, 0.05) is 10.6 Å². The van der Waals surface area contributed by atoms with Crippen LogP contribution in [0.1, 0.15) is 12.5 Å². The van der Waals surface area contributed by atoms with Crippen LogP contribution in [0.25, 0.3) is 0 Å². The summed E-state index contributed by atoms with van der Waals surface area (Å²) in [5, 5.41) is 12.4. The van der Waals surface area contributed by atoms with Crippen molar-refractivity contribution in [3.8, 4) is 0 Å². The third-order valence-electron chi connectivity index (χ3n) is 2.84. The molecule has 0 saturated carbocycles. The molecule has 0 spiro atoms. The molecule has 5 nitrogen and oxygen atoms in total. The van der Waals surface area contributed by atoms with Gasteiger partial charge in [0.1, 0.15) is 0 Å². The number of anilines is 1. The van der Waals surface area contributed by atoms with Crippen LogP contribution in [-0.4, -0.2) is 19.3 Å². The standard InChI is InChI=1S/C14H13ClN2O3S/c1-10(16-18)13-4-2-3-5-14(13)17-21(19,20)12-8-6-11(15)7-9-12/h2-9,17-18H,1H3/b16-10+. The van der Waals surface area contributed by atoms with Gasteiger partial charge in [0.25, 0.3) is 10.0 Å². The Hall–Kier alpha value is -2.05. The van der Waals surface area contributed by atoms with E-state index in [9.17, 15) is 8.42 Å². The zero-order valence-electron chi connectivity index (χ0n) is 11.1. The molecule has 0 aliphatic rings. The summed E-state index contributed by atoms with van der Waals surface area (Å²) in [4.78, 5) is 0.0975. The zero-order chi connectivity index (χ0) is 15.5. The van der Waals surface area contributed by atoms with Gasteiger partial charge in [-0.3, -0.25) is 4.72 Å². The number of nitrogens with one attached hydrogen (secondary N) is 1. The summed E-state index contributed by atoms with van der Waals surface area (Å²) in [6.07, 6.45) is 0. The van der Waals surface area contributed by atoms with Gasteiger partial charge in [-0.15, -0.1) is 0 Å². The quantitative estimate of drug-likeness (QED) is 0.514. The van der Waals surface area contributed by atoms with E-state index in [4.69, 9.17) is 16.8 Å². The molecule has 2 aromatic rings. The lowest BCUT2D eigenvalue weighted by Gasteiger charge is -2.12. The monoisotopic (exact) mass is 324 g/mol. The maximum Gasteiger partial charge on any atom is 0.261 e. The molecule has 0 unspecified atom stereocenters. The third kappa shape index (κ3) is 3.53. The Morgan fingerprint density at radius 3 is 2.38 bits per heavy atom. The summed E-state index contributed by atoms with van der Waals surface area (Å²) in [5.74, 6) is 0.